The van der Waals surface area contributed by atoms with E-state index in [1.165, 1.54) is 29.8 Å². The van der Waals surface area contributed by atoms with Gasteiger partial charge in [0.1, 0.15) is 23.0 Å². The maximum atomic E-state index is 13.3. The van der Waals surface area contributed by atoms with Gasteiger partial charge < -0.3 is 13.1 Å². The van der Waals surface area contributed by atoms with Crippen LogP contribution in [0.25, 0.3) is 21.5 Å². The van der Waals surface area contributed by atoms with Gasteiger partial charge in [0.15, 0.2) is 0 Å². The molecular weight excluding hydrogens is 610 g/mol. The van der Waals surface area contributed by atoms with Crippen LogP contribution in [0.2, 0.25) is 0 Å². The molecule has 5 aromatic rings. The van der Waals surface area contributed by atoms with Crippen LogP contribution in [0.4, 0.5) is 7.77 Å². The molecule has 0 fully saturated rings. The van der Waals surface area contributed by atoms with E-state index in [9.17, 15) is 24.6 Å². The highest BCUT2D eigenvalue weighted by molar-refractivity contribution is 7.82. The van der Waals surface area contributed by atoms with Crippen LogP contribution >= 0.6 is 0 Å². The lowest BCUT2D eigenvalue weighted by Crippen LogP contribution is -2.37. The summed E-state index contributed by atoms with van der Waals surface area (Å²) in [5.74, 6) is 0.721. The Bertz CT molecular complexity index is 2220. The zero-order chi connectivity index (χ0) is 30.4. The topological polar surface area (TPSA) is 96.0 Å². The van der Waals surface area contributed by atoms with Gasteiger partial charge in [-0.2, -0.15) is 16.8 Å². The monoisotopic (exact) mass is 630 g/mol. The minimum atomic E-state index is -5.22. The fraction of sp³-hybridized carbons (Fsp3) is 0.0909. The molecule has 1 heterocycles. The molecule has 2 aliphatic carbocycles. The van der Waals surface area contributed by atoms with Crippen LogP contribution in [0.1, 0.15) is 28.2 Å². The largest absolute Gasteiger partial charge is 0.488 e. The first kappa shape index (κ1) is 26.9. The van der Waals surface area contributed by atoms with Crippen molar-refractivity contribution >= 4 is 42.6 Å². The van der Waals surface area contributed by atoms with Crippen molar-refractivity contribution in [1.29, 1.82) is 0 Å². The molecule has 5 aromatic carbocycles. The SMILES string of the molecule is O=S(=O)(F)Oc1ccc2c3c(ccc2c1)C1(c2ccccc2C2C=CC=CC21)c1ccc2cc(OS(=O)(=O)F)ccc2c1O3. The molecule has 44 heavy (non-hydrogen) atoms. The van der Waals surface area contributed by atoms with E-state index in [1.54, 1.807) is 12.1 Å². The number of allylic oxidation sites excluding steroid dienone is 4. The third kappa shape index (κ3) is 3.96. The molecule has 0 N–H and O–H groups in total. The summed E-state index contributed by atoms with van der Waals surface area (Å²) in [5, 5.41) is 2.42. The number of fused-ring (bicyclic) bond motifs is 13. The van der Waals surface area contributed by atoms with Crippen molar-refractivity contribution in [2.75, 3.05) is 0 Å². The van der Waals surface area contributed by atoms with Gasteiger partial charge in [-0.3, -0.25) is 0 Å². The quantitative estimate of drug-likeness (QED) is 0.190. The van der Waals surface area contributed by atoms with Gasteiger partial charge in [0.2, 0.25) is 0 Å². The van der Waals surface area contributed by atoms with Crippen molar-refractivity contribution in [2.45, 2.75) is 11.3 Å². The third-order valence-corrected chi connectivity index (χ3v) is 9.49. The van der Waals surface area contributed by atoms with E-state index in [1.807, 2.05) is 48.6 Å². The second-order valence-electron chi connectivity index (χ2n) is 10.9. The molecule has 0 radical (unpaired) electrons. The number of benzene rings is 5. The highest BCUT2D eigenvalue weighted by atomic mass is 32.3. The molecule has 0 bridgehead atoms. The van der Waals surface area contributed by atoms with Crippen molar-refractivity contribution in [3.63, 3.8) is 0 Å². The summed E-state index contributed by atoms with van der Waals surface area (Å²) in [6.45, 7) is 0. The lowest BCUT2D eigenvalue weighted by atomic mass is 9.61. The first-order valence-corrected chi connectivity index (χ1v) is 16.2. The standard InChI is InChI=1S/C33H20F2O7S2/c34-43(36,37)41-21-11-13-23-19(17-21)9-15-29-31(23)40-32-24-14-12-22(42-44(35,38)39)18-20(24)10-16-30(32)33(29)27-7-3-1-5-25(27)26-6-2-4-8-28(26)33/h1-18,25,27H. The zero-order valence-corrected chi connectivity index (χ0v) is 24.1. The summed E-state index contributed by atoms with van der Waals surface area (Å²) in [6.07, 6.45) is 8.47. The van der Waals surface area contributed by atoms with Gasteiger partial charge in [0.25, 0.3) is 0 Å². The minimum absolute atomic E-state index is 0.0419. The Labute approximate surface area is 251 Å². The van der Waals surface area contributed by atoms with Gasteiger partial charge in [-0.1, -0.05) is 80.6 Å². The maximum absolute atomic E-state index is 13.3. The zero-order valence-electron chi connectivity index (χ0n) is 22.5. The molecule has 2 unspecified atom stereocenters. The van der Waals surface area contributed by atoms with Crippen LogP contribution in [0.5, 0.6) is 23.0 Å². The summed E-state index contributed by atoms with van der Waals surface area (Å²) >= 11 is 0. The maximum Gasteiger partial charge on any atom is 0.488 e. The summed E-state index contributed by atoms with van der Waals surface area (Å²) in [6, 6.07) is 24.7. The molecule has 2 atom stereocenters. The Morgan fingerprint density at radius 2 is 1.18 bits per heavy atom. The summed E-state index contributed by atoms with van der Waals surface area (Å²) in [5.41, 5.74) is 3.34. The van der Waals surface area contributed by atoms with E-state index in [2.05, 4.69) is 32.7 Å². The molecule has 1 aliphatic heterocycles. The van der Waals surface area contributed by atoms with Crippen LogP contribution in [0, 0.1) is 5.92 Å². The number of rotatable bonds is 4. The van der Waals surface area contributed by atoms with Crippen molar-refractivity contribution in [3.05, 3.63) is 131 Å². The molecule has 220 valence electrons. The lowest BCUT2D eigenvalue weighted by molar-refractivity contribution is 0.380. The van der Waals surface area contributed by atoms with Crippen LogP contribution in [-0.4, -0.2) is 16.8 Å². The molecule has 8 rings (SSSR count). The number of ether oxygens (including phenoxy) is 1. The van der Waals surface area contributed by atoms with Gasteiger partial charge in [0, 0.05) is 33.7 Å². The fourth-order valence-corrected chi connectivity index (χ4v) is 7.94. The Hall–Kier alpha value is -4.74. The molecule has 1 spiro atoms. The average Bonchev–Trinajstić information content (AvgIpc) is 3.26. The molecule has 0 amide bonds. The molecular formula is C33H20F2O7S2. The van der Waals surface area contributed by atoms with Crippen LogP contribution < -0.4 is 13.1 Å². The second kappa shape index (κ2) is 9.13. The van der Waals surface area contributed by atoms with E-state index in [0.717, 1.165) is 16.7 Å². The number of hydrogen-bond donors (Lipinski definition) is 0. The predicted octanol–water partition coefficient (Wildman–Crippen LogP) is 7.46. The van der Waals surface area contributed by atoms with Crippen LogP contribution in [-0.2, 0) is 26.4 Å². The molecule has 0 saturated carbocycles. The van der Waals surface area contributed by atoms with Crippen molar-refractivity contribution < 1.29 is 37.7 Å². The highest BCUT2D eigenvalue weighted by Gasteiger charge is 2.57. The summed E-state index contributed by atoms with van der Waals surface area (Å²) < 4.78 is 87.1. The first-order valence-electron chi connectivity index (χ1n) is 13.6. The first-order chi connectivity index (χ1) is 21.0. The van der Waals surface area contributed by atoms with Gasteiger partial charge in [0.05, 0.1) is 5.41 Å². The van der Waals surface area contributed by atoms with Crippen LogP contribution in [0.3, 0.4) is 0 Å². The molecule has 3 aliphatic rings. The van der Waals surface area contributed by atoms with E-state index in [-0.39, 0.29) is 23.3 Å². The van der Waals surface area contributed by atoms with Crippen LogP contribution in [0.15, 0.2) is 109 Å². The highest BCUT2D eigenvalue weighted by Crippen LogP contribution is 2.66. The van der Waals surface area contributed by atoms with E-state index < -0.39 is 26.4 Å². The lowest BCUT2D eigenvalue weighted by Gasteiger charge is -2.43. The fourth-order valence-electron chi connectivity index (χ4n) is 7.27. The average molecular weight is 631 g/mol. The van der Waals surface area contributed by atoms with Gasteiger partial charge >= 0.3 is 21.0 Å². The third-order valence-electron chi connectivity index (χ3n) is 8.71. The molecule has 0 aromatic heterocycles. The number of halogens is 2. The normalized spacial score (nSPS) is 19.2. The minimum Gasteiger partial charge on any atom is -0.455 e. The van der Waals surface area contributed by atoms with Gasteiger partial charge in [-0.15, -0.1) is 0 Å². The van der Waals surface area contributed by atoms with E-state index in [0.29, 0.717) is 33.0 Å². The van der Waals surface area contributed by atoms with E-state index in [4.69, 9.17) is 4.74 Å². The van der Waals surface area contributed by atoms with Crippen molar-refractivity contribution in [2.24, 2.45) is 5.92 Å². The van der Waals surface area contributed by atoms with Crippen molar-refractivity contribution in [1.82, 2.24) is 0 Å². The smallest absolute Gasteiger partial charge is 0.455 e. The predicted molar refractivity (Wildman–Crippen MR) is 160 cm³/mol. The molecule has 11 heteroatoms. The molecule has 7 nitrogen and oxygen atoms in total. The Morgan fingerprint density at radius 3 is 1.75 bits per heavy atom. The Morgan fingerprint density at radius 1 is 0.636 bits per heavy atom. The van der Waals surface area contributed by atoms with Gasteiger partial charge in [-0.25, -0.2) is 0 Å². The molecule has 0 saturated heterocycles. The Balaban J connectivity index is 1.44. The number of hydrogen-bond acceptors (Lipinski definition) is 7. The van der Waals surface area contributed by atoms with E-state index >= 15 is 0 Å². The second-order valence-corrected chi connectivity index (χ2v) is 12.8. The Kier molecular flexibility index (Phi) is 5.57. The van der Waals surface area contributed by atoms with Crippen molar-refractivity contribution in [3.8, 4) is 23.0 Å². The summed E-state index contributed by atoms with van der Waals surface area (Å²) in [4.78, 5) is 0. The summed E-state index contributed by atoms with van der Waals surface area (Å²) in [7, 11) is -10.4. The van der Waals surface area contributed by atoms with Gasteiger partial charge in [-0.05, 0) is 58.3 Å².